The molecule has 2 fully saturated rings. The van der Waals surface area contributed by atoms with Crippen LogP contribution in [0.2, 0.25) is 0 Å². The lowest BCUT2D eigenvalue weighted by Gasteiger charge is -2.29. The number of carbonyl (C=O) groups is 3. The summed E-state index contributed by atoms with van der Waals surface area (Å²) in [6.07, 6.45) is 1.16. The van der Waals surface area contributed by atoms with Gasteiger partial charge in [0.15, 0.2) is 0 Å². The van der Waals surface area contributed by atoms with Crippen molar-refractivity contribution in [2.75, 3.05) is 24.7 Å². The van der Waals surface area contributed by atoms with Crippen molar-refractivity contribution in [1.29, 1.82) is 0 Å². The lowest BCUT2D eigenvalue weighted by Crippen LogP contribution is -2.54. The number of nitrogens with one attached hydrogen (secondary N) is 1. The van der Waals surface area contributed by atoms with E-state index in [4.69, 9.17) is 4.74 Å². The number of aryl methyl sites for hydroxylation is 1. The maximum atomic E-state index is 13.1. The summed E-state index contributed by atoms with van der Waals surface area (Å²) < 4.78 is 5.20. The predicted molar refractivity (Wildman–Crippen MR) is 115 cm³/mol. The first kappa shape index (κ1) is 22.6. The van der Waals surface area contributed by atoms with Crippen LogP contribution < -0.4 is 5.32 Å². The van der Waals surface area contributed by atoms with Gasteiger partial charge in [-0.05, 0) is 49.7 Å². The molecule has 3 unspecified atom stereocenters. The van der Waals surface area contributed by atoms with Crippen LogP contribution in [0.25, 0.3) is 0 Å². The average Bonchev–Trinajstić information content (AvgIpc) is 3.32. The van der Waals surface area contributed by atoms with Gasteiger partial charge in [0, 0.05) is 12.5 Å². The van der Waals surface area contributed by atoms with Crippen LogP contribution in [0.15, 0.2) is 30.3 Å². The Bertz CT molecular complexity index is 759. The van der Waals surface area contributed by atoms with E-state index in [1.165, 1.54) is 4.90 Å². The van der Waals surface area contributed by atoms with Gasteiger partial charge < -0.3 is 14.7 Å². The minimum Gasteiger partial charge on any atom is -0.480 e. The monoisotopic (exact) mass is 434 g/mol. The lowest BCUT2D eigenvalue weighted by molar-refractivity contribution is -0.151. The number of hydrogen-bond donors (Lipinski definition) is 2. The standard InChI is InChI=1S/C22H30N2O5S/c1-3-29-22(28)18(10-9-15-7-5-4-6-8-15)23-14(2)20(25)24-11-16-12-30-13-17(16)19(24)21(26)27/h4-8,14,16-19,23H,3,9-13H2,1-2H3,(H,26,27)/t14?,16?,17?,18-,19-/m0/s1. The van der Waals surface area contributed by atoms with Crippen molar-refractivity contribution in [2.24, 2.45) is 11.8 Å². The Morgan fingerprint density at radius 1 is 1.27 bits per heavy atom. The van der Waals surface area contributed by atoms with Crippen molar-refractivity contribution < 1.29 is 24.2 Å². The van der Waals surface area contributed by atoms with E-state index in [2.05, 4.69) is 5.32 Å². The summed E-state index contributed by atoms with van der Waals surface area (Å²) >= 11 is 1.76. The number of amides is 1. The van der Waals surface area contributed by atoms with Gasteiger partial charge >= 0.3 is 11.9 Å². The second-order valence-electron chi connectivity index (χ2n) is 7.95. The molecule has 164 valence electrons. The van der Waals surface area contributed by atoms with Crippen molar-refractivity contribution in [2.45, 2.75) is 44.8 Å². The number of fused-ring (bicyclic) bond motifs is 1. The maximum Gasteiger partial charge on any atom is 0.326 e. The highest BCUT2D eigenvalue weighted by atomic mass is 32.2. The number of aliphatic carboxylic acids is 1. The van der Waals surface area contributed by atoms with Gasteiger partial charge in [-0.2, -0.15) is 11.8 Å². The molecule has 2 aliphatic rings. The minimum absolute atomic E-state index is 0.00239. The van der Waals surface area contributed by atoms with Crippen LogP contribution in [0.4, 0.5) is 0 Å². The van der Waals surface area contributed by atoms with Crippen LogP contribution in [-0.4, -0.2) is 70.6 Å². The molecule has 1 aromatic carbocycles. The molecular weight excluding hydrogens is 404 g/mol. The molecule has 8 heteroatoms. The summed E-state index contributed by atoms with van der Waals surface area (Å²) in [5.41, 5.74) is 1.10. The summed E-state index contributed by atoms with van der Waals surface area (Å²) in [7, 11) is 0. The number of carboxylic acids is 1. The number of hydrogen-bond acceptors (Lipinski definition) is 6. The smallest absolute Gasteiger partial charge is 0.326 e. The fourth-order valence-corrected chi connectivity index (χ4v) is 5.90. The molecule has 0 spiro atoms. The number of rotatable bonds is 9. The molecule has 7 nitrogen and oxygen atoms in total. The van der Waals surface area contributed by atoms with Gasteiger partial charge in [0.25, 0.3) is 0 Å². The Balaban J connectivity index is 1.66. The first-order valence-electron chi connectivity index (χ1n) is 10.5. The van der Waals surface area contributed by atoms with Gasteiger partial charge in [-0.3, -0.25) is 14.9 Å². The zero-order valence-electron chi connectivity index (χ0n) is 17.5. The van der Waals surface area contributed by atoms with Crippen LogP contribution >= 0.6 is 11.8 Å². The predicted octanol–water partition coefficient (Wildman–Crippen LogP) is 1.80. The molecule has 1 amide bonds. The molecule has 0 aromatic heterocycles. The molecule has 2 heterocycles. The van der Waals surface area contributed by atoms with E-state index in [-0.39, 0.29) is 24.3 Å². The quantitative estimate of drug-likeness (QED) is 0.572. The van der Waals surface area contributed by atoms with Gasteiger partial charge in [0.1, 0.15) is 12.1 Å². The number of benzene rings is 1. The van der Waals surface area contributed by atoms with Crippen molar-refractivity contribution in [3.8, 4) is 0 Å². The normalized spacial score (nSPS) is 24.9. The van der Waals surface area contributed by atoms with Gasteiger partial charge in [0.2, 0.25) is 5.91 Å². The summed E-state index contributed by atoms with van der Waals surface area (Å²) in [5, 5.41) is 12.8. The van der Waals surface area contributed by atoms with Crippen molar-refractivity contribution in [3.63, 3.8) is 0 Å². The number of nitrogens with zero attached hydrogens (tertiary/aromatic N) is 1. The van der Waals surface area contributed by atoms with E-state index in [0.29, 0.717) is 19.4 Å². The van der Waals surface area contributed by atoms with Crippen LogP contribution in [0.5, 0.6) is 0 Å². The fraction of sp³-hybridized carbons (Fsp3) is 0.591. The Morgan fingerprint density at radius 2 is 2.00 bits per heavy atom. The second-order valence-corrected chi connectivity index (χ2v) is 9.03. The SMILES string of the molecule is CCOC(=O)[C@H](CCc1ccccc1)NC(C)C(=O)N1CC2CSCC2[C@H]1C(=O)O. The summed E-state index contributed by atoms with van der Waals surface area (Å²) in [6, 6.07) is 7.73. The first-order chi connectivity index (χ1) is 14.4. The summed E-state index contributed by atoms with van der Waals surface area (Å²) in [6.45, 7) is 4.17. The van der Waals surface area contributed by atoms with Crippen LogP contribution in [-0.2, 0) is 25.5 Å². The zero-order chi connectivity index (χ0) is 21.7. The highest BCUT2D eigenvalue weighted by Gasteiger charge is 2.50. The Kier molecular flexibility index (Phi) is 7.77. The van der Waals surface area contributed by atoms with E-state index < -0.39 is 30.1 Å². The van der Waals surface area contributed by atoms with Crippen LogP contribution in [0.1, 0.15) is 25.8 Å². The van der Waals surface area contributed by atoms with E-state index in [1.54, 1.807) is 25.6 Å². The maximum absolute atomic E-state index is 13.1. The number of thioether (sulfide) groups is 1. The second kappa shape index (κ2) is 10.3. The highest BCUT2D eigenvalue weighted by molar-refractivity contribution is 7.99. The molecule has 30 heavy (non-hydrogen) atoms. The third-order valence-electron chi connectivity index (χ3n) is 5.91. The van der Waals surface area contributed by atoms with Crippen molar-refractivity contribution >= 4 is 29.6 Å². The molecule has 2 aliphatic heterocycles. The Morgan fingerprint density at radius 3 is 2.67 bits per heavy atom. The van der Waals surface area contributed by atoms with Gasteiger partial charge in [-0.1, -0.05) is 30.3 Å². The van der Waals surface area contributed by atoms with E-state index >= 15 is 0 Å². The topological polar surface area (TPSA) is 95.9 Å². The van der Waals surface area contributed by atoms with Gasteiger partial charge in [-0.15, -0.1) is 0 Å². The van der Waals surface area contributed by atoms with Gasteiger partial charge in [0.05, 0.1) is 12.6 Å². The number of carboxylic acid groups (broad SMARTS) is 1. The van der Waals surface area contributed by atoms with Gasteiger partial charge in [-0.25, -0.2) is 4.79 Å². The van der Waals surface area contributed by atoms with E-state index in [9.17, 15) is 19.5 Å². The number of likely N-dealkylation sites (tertiary alicyclic amines) is 1. The highest BCUT2D eigenvalue weighted by Crippen LogP contribution is 2.40. The number of esters is 1. The molecule has 0 saturated carbocycles. The molecular formula is C22H30N2O5S. The van der Waals surface area contributed by atoms with Crippen LogP contribution in [0.3, 0.4) is 0 Å². The fourth-order valence-electron chi connectivity index (χ4n) is 4.38. The number of carbonyl (C=O) groups excluding carboxylic acids is 2. The van der Waals surface area contributed by atoms with Crippen molar-refractivity contribution in [1.82, 2.24) is 10.2 Å². The summed E-state index contributed by atoms with van der Waals surface area (Å²) in [5.74, 6) is 0.289. The molecule has 0 aliphatic carbocycles. The molecule has 5 atom stereocenters. The molecule has 0 bridgehead atoms. The molecule has 2 saturated heterocycles. The largest absolute Gasteiger partial charge is 0.480 e. The third-order valence-corrected chi connectivity index (χ3v) is 7.20. The molecule has 0 radical (unpaired) electrons. The Labute approximate surface area is 181 Å². The Hall–Kier alpha value is -2.06. The zero-order valence-corrected chi connectivity index (χ0v) is 18.3. The first-order valence-corrected chi connectivity index (χ1v) is 11.7. The molecule has 1 aromatic rings. The van der Waals surface area contributed by atoms with Crippen LogP contribution in [0, 0.1) is 11.8 Å². The minimum atomic E-state index is -0.948. The number of ether oxygens (including phenoxy) is 1. The molecule has 3 rings (SSSR count). The van der Waals surface area contributed by atoms with Crippen molar-refractivity contribution in [3.05, 3.63) is 35.9 Å². The summed E-state index contributed by atoms with van der Waals surface area (Å²) in [4.78, 5) is 38.9. The third kappa shape index (κ3) is 5.16. The lowest BCUT2D eigenvalue weighted by atomic mass is 9.94. The average molecular weight is 435 g/mol. The van der Waals surface area contributed by atoms with E-state index in [0.717, 1.165) is 17.1 Å². The molecule has 2 N–H and O–H groups in total. The van der Waals surface area contributed by atoms with E-state index in [1.807, 2.05) is 30.3 Å².